The molecule has 0 aliphatic rings. The van der Waals surface area contributed by atoms with Gasteiger partial charge in [-0.1, -0.05) is 20.3 Å². The molecular formula is C63H121N19O17. The lowest BCUT2D eigenvalue weighted by Gasteiger charge is -2.30. The molecule has 0 heterocycles. The Morgan fingerprint density at radius 2 is 0.505 bits per heavy atom. The second-order valence-electron chi connectivity index (χ2n) is 25.0. The van der Waals surface area contributed by atoms with Crippen LogP contribution in [-0.2, 0) is 62.3 Å². The van der Waals surface area contributed by atoms with Gasteiger partial charge in [-0.25, -0.2) is 4.79 Å². The normalized spacial score (nSPS) is 15.8. The Balaban J connectivity index is 7.16. The van der Waals surface area contributed by atoms with Crippen molar-refractivity contribution in [3.63, 3.8) is 0 Å². The number of amides is 11. The maximum atomic E-state index is 14.5. The van der Waals surface area contributed by atoms with E-state index >= 15 is 0 Å². The topological polar surface area (TPSA) is 643 Å². The van der Waals surface area contributed by atoms with Crippen molar-refractivity contribution in [1.82, 2.24) is 58.5 Å². The smallest absolute Gasteiger partial charge is 0.326 e. The Bertz CT molecular complexity index is 2480. The van der Waals surface area contributed by atoms with Crippen LogP contribution in [0.15, 0.2) is 0 Å². The minimum Gasteiger partial charge on any atom is -0.481 e. The van der Waals surface area contributed by atoms with Gasteiger partial charge in [0.25, 0.3) is 0 Å². The average molecular weight is 1420 g/mol. The van der Waals surface area contributed by atoms with Crippen molar-refractivity contribution in [3.8, 4) is 0 Å². The summed E-state index contributed by atoms with van der Waals surface area (Å²) in [5.41, 5.74) is 45.9. The van der Waals surface area contributed by atoms with Gasteiger partial charge in [0, 0.05) is 0 Å². The standard InChI is InChI=1S/C63H121N19O17/c1-6-36(2)49(80-58(93)45(26-12-19-33-69)77-61(96)50(38(4)83)81-52(87)37(3)71)60(95)82-51(39(5)84)62(97)79-47(35-48(85)86)59(94)76-43(24-10-17-31-67)56(91)74-41(22-8-15-29-65)54(89)72-40(21-7-14-28-64)53(88)73-42(23-9-16-30-66)55(90)75-44(25-11-18-32-68)57(92)78-46(63(98)99)27-13-20-34-70/h36-47,49-51,83-84H,6-35,64-71H2,1-5H3,(H,72,89)(H,73,88)(H,74,91)(H,75,90)(H,76,94)(H,77,96)(H,78,92)(H,79,97)(H,80,93)(H,81,87)(H,82,95)(H,85,86)(H,98,99)/t36-,37-,38+,39+,40-,41-,42-,43-,44-,45-,46-,47-,49-,50-,51-/m0/s1. The summed E-state index contributed by atoms with van der Waals surface area (Å²) >= 11 is 0. The molecule has 0 unspecified atom stereocenters. The molecule has 0 radical (unpaired) electrons. The van der Waals surface area contributed by atoms with E-state index in [4.69, 9.17) is 45.9 Å². The van der Waals surface area contributed by atoms with Crippen molar-refractivity contribution in [2.24, 2.45) is 51.8 Å². The molecule has 0 aliphatic heterocycles. The molecule has 0 fully saturated rings. The summed E-state index contributed by atoms with van der Waals surface area (Å²) in [6.45, 7) is 8.50. The first-order valence-corrected chi connectivity index (χ1v) is 34.7. The summed E-state index contributed by atoms with van der Waals surface area (Å²) in [5, 5.41) is 69.0. The molecule has 0 aromatic rings. The number of aliphatic hydroxyl groups excluding tert-OH is 2. The number of aliphatic carboxylic acids is 2. The van der Waals surface area contributed by atoms with E-state index < -0.39 is 174 Å². The summed E-state index contributed by atoms with van der Waals surface area (Å²) in [5.74, 6) is -14.0. The summed E-state index contributed by atoms with van der Waals surface area (Å²) in [6, 6.07) is -17.6. The lowest BCUT2D eigenvalue weighted by molar-refractivity contribution is -0.143. The average Bonchev–Trinajstić information content (AvgIpc) is 0.859. The molecule has 36 heteroatoms. The molecule has 31 N–H and O–H groups in total. The van der Waals surface area contributed by atoms with Crippen LogP contribution in [0.1, 0.15) is 182 Å². The van der Waals surface area contributed by atoms with Crippen molar-refractivity contribution in [2.75, 3.05) is 45.8 Å². The second kappa shape index (κ2) is 52.7. The Morgan fingerprint density at radius 1 is 0.293 bits per heavy atom. The Morgan fingerprint density at radius 3 is 0.747 bits per heavy atom. The third-order valence-corrected chi connectivity index (χ3v) is 16.4. The number of hydrogen-bond acceptors (Lipinski definition) is 23. The molecule has 99 heavy (non-hydrogen) atoms. The Kier molecular flexibility index (Phi) is 48.8. The molecule has 0 saturated carbocycles. The highest BCUT2D eigenvalue weighted by atomic mass is 16.4. The van der Waals surface area contributed by atoms with E-state index in [0.29, 0.717) is 83.6 Å². The largest absolute Gasteiger partial charge is 0.481 e. The predicted octanol–water partition coefficient (Wildman–Crippen LogP) is -6.06. The molecule has 0 rings (SSSR count). The summed E-state index contributed by atoms with van der Waals surface area (Å²) < 4.78 is 0. The van der Waals surface area contributed by atoms with Crippen molar-refractivity contribution in [1.29, 1.82) is 0 Å². The highest BCUT2D eigenvalue weighted by molar-refractivity contribution is 6.00. The number of carbonyl (C=O) groups is 13. The van der Waals surface area contributed by atoms with Gasteiger partial charge in [-0.15, -0.1) is 0 Å². The molecule has 36 nitrogen and oxygen atoms in total. The molecule has 0 aromatic carbocycles. The van der Waals surface area contributed by atoms with Crippen molar-refractivity contribution >= 4 is 76.9 Å². The van der Waals surface area contributed by atoms with Gasteiger partial charge in [-0.3, -0.25) is 57.5 Å². The van der Waals surface area contributed by atoms with E-state index in [1.807, 2.05) is 0 Å². The van der Waals surface area contributed by atoms with Gasteiger partial charge in [0.1, 0.15) is 66.5 Å². The number of hydrogen-bond donors (Lipinski definition) is 23. The van der Waals surface area contributed by atoms with E-state index in [9.17, 15) is 82.8 Å². The van der Waals surface area contributed by atoms with Crippen molar-refractivity contribution < 1.29 is 82.8 Å². The van der Waals surface area contributed by atoms with E-state index in [0.717, 1.165) is 6.92 Å². The third-order valence-electron chi connectivity index (χ3n) is 16.4. The van der Waals surface area contributed by atoms with Crippen LogP contribution in [0.4, 0.5) is 0 Å². The quantitative estimate of drug-likeness (QED) is 0.0252. The van der Waals surface area contributed by atoms with Gasteiger partial charge in [-0.2, -0.15) is 0 Å². The fraction of sp³-hybridized carbons (Fsp3) is 0.794. The summed E-state index contributed by atoms with van der Waals surface area (Å²) in [7, 11) is 0. The van der Waals surface area contributed by atoms with Gasteiger partial charge in [0.2, 0.25) is 65.0 Å². The van der Waals surface area contributed by atoms with Crippen LogP contribution in [0.3, 0.4) is 0 Å². The Labute approximate surface area is 580 Å². The molecule has 570 valence electrons. The van der Waals surface area contributed by atoms with Gasteiger partial charge in [-0.05, 0) is 207 Å². The predicted molar refractivity (Wildman–Crippen MR) is 368 cm³/mol. The summed E-state index contributed by atoms with van der Waals surface area (Å²) in [4.78, 5) is 178. The van der Waals surface area contributed by atoms with Crippen LogP contribution < -0.4 is 104 Å². The second-order valence-corrected chi connectivity index (χ2v) is 25.0. The zero-order valence-corrected chi connectivity index (χ0v) is 58.6. The van der Waals surface area contributed by atoms with Gasteiger partial charge >= 0.3 is 11.9 Å². The van der Waals surface area contributed by atoms with Crippen LogP contribution in [0.2, 0.25) is 0 Å². The minimum atomic E-state index is -2.00. The minimum absolute atomic E-state index is 0.0208. The lowest BCUT2D eigenvalue weighted by Crippen LogP contribution is -2.63. The maximum Gasteiger partial charge on any atom is 0.326 e. The number of carboxylic acid groups (broad SMARTS) is 2. The van der Waals surface area contributed by atoms with Crippen LogP contribution in [0, 0.1) is 5.92 Å². The van der Waals surface area contributed by atoms with E-state index in [2.05, 4.69) is 58.5 Å². The number of nitrogens with two attached hydrogens (primary N) is 8. The molecular weight excluding hydrogens is 1290 g/mol. The highest BCUT2D eigenvalue weighted by Gasteiger charge is 2.39. The van der Waals surface area contributed by atoms with E-state index in [1.54, 1.807) is 13.8 Å². The van der Waals surface area contributed by atoms with Crippen LogP contribution in [-0.4, -0.2) is 228 Å². The molecule has 0 saturated heterocycles. The van der Waals surface area contributed by atoms with E-state index in [-0.39, 0.29) is 103 Å². The van der Waals surface area contributed by atoms with E-state index in [1.165, 1.54) is 13.8 Å². The third kappa shape index (κ3) is 37.6. The number of carboxylic acids is 2. The van der Waals surface area contributed by atoms with Crippen molar-refractivity contribution in [2.45, 2.75) is 267 Å². The molecule has 0 spiro atoms. The monoisotopic (exact) mass is 1420 g/mol. The zero-order valence-electron chi connectivity index (χ0n) is 58.6. The first kappa shape index (κ1) is 91.7. The number of rotatable bonds is 57. The highest BCUT2D eigenvalue weighted by Crippen LogP contribution is 2.15. The van der Waals surface area contributed by atoms with Gasteiger partial charge < -0.3 is 125 Å². The first-order valence-electron chi connectivity index (χ1n) is 34.7. The first-order chi connectivity index (χ1) is 46.9. The Hall–Kier alpha value is -7.29. The van der Waals surface area contributed by atoms with Crippen LogP contribution in [0.25, 0.3) is 0 Å². The fourth-order valence-electron chi connectivity index (χ4n) is 10.2. The zero-order chi connectivity index (χ0) is 75.2. The maximum absolute atomic E-state index is 14.5. The fourth-order valence-corrected chi connectivity index (χ4v) is 10.2. The molecule has 0 bridgehead atoms. The van der Waals surface area contributed by atoms with Crippen molar-refractivity contribution in [3.05, 3.63) is 0 Å². The lowest BCUT2D eigenvalue weighted by atomic mass is 9.96. The molecule has 0 aromatic heterocycles. The van der Waals surface area contributed by atoms with Crippen LogP contribution in [0.5, 0.6) is 0 Å². The van der Waals surface area contributed by atoms with Gasteiger partial charge in [0.15, 0.2) is 0 Å². The molecule has 11 amide bonds. The van der Waals surface area contributed by atoms with Gasteiger partial charge in [0.05, 0.1) is 24.7 Å². The SMILES string of the molecule is CC[C@H](C)[C@H](NC(=O)[C@H](CCCCN)NC(=O)[C@@H](NC(=O)[C@H](C)N)[C@@H](C)O)C(=O)N[C@H](C(=O)N[C@@H](CC(=O)O)C(=O)N[C@@H](CCCCN)C(=O)N[C@@H](CCCCN)C(=O)N[C@@H](CCCCN)C(=O)N[C@@H](CCCCN)C(=O)N[C@@H](CCCCN)C(=O)N[C@@H](CCCCN)C(=O)O)[C@@H](C)O. The number of aliphatic hydroxyl groups is 2. The summed E-state index contributed by atoms with van der Waals surface area (Å²) in [6.07, 6.45) is 0.867. The number of unbranched alkanes of at least 4 members (excludes halogenated alkanes) is 7. The van der Waals surface area contributed by atoms with Crippen LogP contribution >= 0.6 is 0 Å². The molecule has 0 aliphatic carbocycles. The number of carbonyl (C=O) groups excluding carboxylic acids is 11. The number of nitrogens with one attached hydrogen (secondary N) is 11. The molecule has 15 atom stereocenters.